The lowest BCUT2D eigenvalue weighted by atomic mass is 10.0. The summed E-state index contributed by atoms with van der Waals surface area (Å²) in [7, 11) is 0. The molecule has 3 rings (SSSR count). The highest BCUT2D eigenvalue weighted by molar-refractivity contribution is 6.22. The van der Waals surface area contributed by atoms with Crippen molar-refractivity contribution in [2.75, 3.05) is 13.2 Å². The van der Waals surface area contributed by atoms with Crippen LogP contribution < -0.4 is 9.47 Å². The first kappa shape index (κ1) is 14.1. The van der Waals surface area contributed by atoms with Crippen molar-refractivity contribution in [3.05, 3.63) is 58.9 Å². The Hall–Kier alpha value is -1.88. The lowest BCUT2D eigenvalue weighted by molar-refractivity contribution is 0.171. The molecular weight excluding hydrogens is 305 g/mol. The number of ether oxygens (including phenoxy) is 2. The normalized spacial score (nSPS) is 14.9. The van der Waals surface area contributed by atoms with Gasteiger partial charge < -0.3 is 9.47 Å². The second-order valence-electron chi connectivity index (χ2n) is 4.55. The van der Waals surface area contributed by atoms with Gasteiger partial charge >= 0.3 is 0 Å². The van der Waals surface area contributed by atoms with E-state index < -0.39 is 28.4 Å². The minimum atomic E-state index is -1.10. The number of alkyl halides is 1. The highest BCUT2D eigenvalue weighted by Gasteiger charge is 2.23. The molecule has 0 saturated carbocycles. The average molecular weight is 315 g/mol. The van der Waals surface area contributed by atoms with Crippen LogP contribution in [-0.4, -0.2) is 13.2 Å². The van der Waals surface area contributed by atoms with Gasteiger partial charge in [-0.1, -0.05) is 6.07 Å². The van der Waals surface area contributed by atoms with E-state index in [0.29, 0.717) is 42.4 Å². The quantitative estimate of drug-likeness (QED) is 0.773. The zero-order chi connectivity index (χ0) is 15.0. The standard InChI is InChI=1S/C15H10ClF3O2/c16-15(14-10(18)6-9(17)7-11(14)19)8-1-2-12-13(5-8)21-4-3-20-12/h1-2,5-7,15H,3-4H2. The second kappa shape index (κ2) is 5.48. The van der Waals surface area contributed by atoms with E-state index in [1.165, 1.54) is 0 Å². The van der Waals surface area contributed by atoms with Gasteiger partial charge in [0.2, 0.25) is 0 Å². The maximum atomic E-state index is 13.8. The van der Waals surface area contributed by atoms with Gasteiger partial charge in [0.1, 0.15) is 30.7 Å². The molecule has 2 aromatic rings. The van der Waals surface area contributed by atoms with Crippen LogP contribution in [0.2, 0.25) is 0 Å². The Labute approximate surface area is 124 Å². The highest BCUT2D eigenvalue weighted by Crippen LogP contribution is 2.38. The molecule has 2 aromatic carbocycles. The summed E-state index contributed by atoms with van der Waals surface area (Å²) in [5.41, 5.74) is 0.0417. The smallest absolute Gasteiger partial charge is 0.161 e. The molecule has 0 amide bonds. The van der Waals surface area contributed by atoms with Crippen LogP contribution in [-0.2, 0) is 0 Å². The molecule has 1 aliphatic rings. The zero-order valence-corrected chi connectivity index (χ0v) is 11.5. The van der Waals surface area contributed by atoms with Gasteiger partial charge in [0, 0.05) is 17.7 Å². The Morgan fingerprint density at radius 1 is 0.905 bits per heavy atom. The molecule has 0 fully saturated rings. The third kappa shape index (κ3) is 2.65. The van der Waals surface area contributed by atoms with Crippen LogP contribution >= 0.6 is 11.6 Å². The van der Waals surface area contributed by atoms with Crippen molar-refractivity contribution >= 4 is 11.6 Å². The van der Waals surface area contributed by atoms with Crippen molar-refractivity contribution in [2.45, 2.75) is 5.38 Å². The Balaban J connectivity index is 2.01. The fourth-order valence-corrected chi connectivity index (χ4v) is 2.52. The van der Waals surface area contributed by atoms with Crippen molar-refractivity contribution in [2.24, 2.45) is 0 Å². The maximum Gasteiger partial charge on any atom is 0.161 e. The van der Waals surface area contributed by atoms with Crippen LogP contribution in [0.4, 0.5) is 13.2 Å². The number of fused-ring (bicyclic) bond motifs is 1. The fourth-order valence-electron chi connectivity index (χ4n) is 2.18. The van der Waals surface area contributed by atoms with Crippen LogP contribution in [0.1, 0.15) is 16.5 Å². The molecule has 0 saturated heterocycles. The molecule has 1 heterocycles. The first-order valence-electron chi connectivity index (χ1n) is 6.24. The molecule has 0 bridgehead atoms. The highest BCUT2D eigenvalue weighted by atomic mass is 35.5. The fraction of sp³-hybridized carbons (Fsp3) is 0.200. The van der Waals surface area contributed by atoms with Gasteiger partial charge in [-0.3, -0.25) is 0 Å². The number of benzene rings is 2. The van der Waals surface area contributed by atoms with Gasteiger partial charge in [0.15, 0.2) is 11.5 Å². The predicted octanol–water partition coefficient (Wildman–Crippen LogP) is 4.20. The topological polar surface area (TPSA) is 18.5 Å². The lowest BCUT2D eigenvalue weighted by Crippen LogP contribution is -2.15. The molecule has 0 radical (unpaired) electrons. The van der Waals surface area contributed by atoms with Crippen molar-refractivity contribution in [1.29, 1.82) is 0 Å². The molecule has 0 N–H and O–H groups in total. The molecule has 0 aliphatic carbocycles. The lowest BCUT2D eigenvalue weighted by Gasteiger charge is -2.20. The van der Waals surface area contributed by atoms with E-state index in [9.17, 15) is 13.2 Å². The number of hydrogen-bond donors (Lipinski definition) is 0. The molecule has 1 aliphatic heterocycles. The molecule has 2 nitrogen and oxygen atoms in total. The van der Waals surface area contributed by atoms with E-state index in [0.717, 1.165) is 0 Å². The van der Waals surface area contributed by atoms with Gasteiger partial charge in [-0.15, -0.1) is 11.6 Å². The number of halogens is 4. The largest absolute Gasteiger partial charge is 0.486 e. The average Bonchev–Trinajstić information content (AvgIpc) is 2.45. The van der Waals surface area contributed by atoms with E-state index in [4.69, 9.17) is 21.1 Å². The minimum Gasteiger partial charge on any atom is -0.486 e. The van der Waals surface area contributed by atoms with E-state index in [2.05, 4.69) is 0 Å². The van der Waals surface area contributed by atoms with Crippen LogP contribution in [0.25, 0.3) is 0 Å². The third-order valence-electron chi connectivity index (χ3n) is 3.16. The summed E-state index contributed by atoms with van der Waals surface area (Å²) >= 11 is 6.14. The van der Waals surface area contributed by atoms with Gasteiger partial charge in [0.05, 0.1) is 5.38 Å². The predicted molar refractivity (Wildman–Crippen MR) is 71.4 cm³/mol. The SMILES string of the molecule is Fc1cc(F)c(C(Cl)c2ccc3c(c2)OCCO3)c(F)c1. The second-order valence-corrected chi connectivity index (χ2v) is 4.99. The van der Waals surface area contributed by atoms with Crippen molar-refractivity contribution in [3.63, 3.8) is 0 Å². The number of rotatable bonds is 2. The first-order valence-corrected chi connectivity index (χ1v) is 6.68. The Morgan fingerprint density at radius 3 is 2.19 bits per heavy atom. The monoisotopic (exact) mass is 314 g/mol. The van der Waals surface area contributed by atoms with Crippen LogP contribution in [0, 0.1) is 17.5 Å². The van der Waals surface area contributed by atoms with Crippen LogP contribution in [0.15, 0.2) is 30.3 Å². The minimum absolute atomic E-state index is 0.392. The zero-order valence-electron chi connectivity index (χ0n) is 10.7. The van der Waals surface area contributed by atoms with Gasteiger partial charge in [0.25, 0.3) is 0 Å². The Kier molecular flexibility index (Phi) is 3.68. The Morgan fingerprint density at radius 2 is 1.52 bits per heavy atom. The molecule has 110 valence electrons. The van der Waals surface area contributed by atoms with Crippen molar-refractivity contribution in [3.8, 4) is 11.5 Å². The van der Waals surface area contributed by atoms with Crippen LogP contribution in [0.5, 0.6) is 11.5 Å². The van der Waals surface area contributed by atoms with Gasteiger partial charge in [-0.2, -0.15) is 0 Å². The molecule has 1 unspecified atom stereocenters. The Bertz CT molecular complexity index is 668. The molecule has 0 aromatic heterocycles. The number of hydrogen-bond acceptors (Lipinski definition) is 2. The van der Waals surface area contributed by atoms with Gasteiger partial charge in [-0.05, 0) is 17.7 Å². The molecule has 6 heteroatoms. The summed E-state index contributed by atoms with van der Waals surface area (Å²) in [6, 6.07) is 5.98. The molecule has 1 atom stereocenters. The van der Waals surface area contributed by atoms with Crippen LogP contribution in [0.3, 0.4) is 0 Å². The molecule has 0 spiro atoms. The summed E-state index contributed by atoms with van der Waals surface area (Å²) in [5.74, 6) is -2.02. The summed E-state index contributed by atoms with van der Waals surface area (Å²) in [5, 5.41) is -1.10. The summed E-state index contributed by atoms with van der Waals surface area (Å²) in [4.78, 5) is 0. The first-order chi connectivity index (χ1) is 10.1. The molecular formula is C15H10ClF3O2. The summed E-state index contributed by atoms with van der Waals surface area (Å²) in [6.07, 6.45) is 0. The van der Waals surface area contributed by atoms with E-state index in [-0.39, 0.29) is 0 Å². The van der Waals surface area contributed by atoms with Crippen molar-refractivity contribution < 1.29 is 22.6 Å². The maximum absolute atomic E-state index is 13.8. The van der Waals surface area contributed by atoms with Gasteiger partial charge in [-0.25, -0.2) is 13.2 Å². The van der Waals surface area contributed by atoms with E-state index >= 15 is 0 Å². The third-order valence-corrected chi connectivity index (χ3v) is 3.63. The van der Waals surface area contributed by atoms with Crippen molar-refractivity contribution in [1.82, 2.24) is 0 Å². The summed E-state index contributed by atoms with van der Waals surface area (Å²) in [6.45, 7) is 0.834. The molecule has 21 heavy (non-hydrogen) atoms. The van der Waals surface area contributed by atoms with E-state index in [1.807, 2.05) is 0 Å². The van der Waals surface area contributed by atoms with E-state index in [1.54, 1.807) is 18.2 Å². The summed E-state index contributed by atoms with van der Waals surface area (Å²) < 4.78 is 51.2.